The van der Waals surface area contributed by atoms with Crippen LogP contribution in [0.4, 0.5) is 14.9 Å². The van der Waals surface area contributed by atoms with E-state index in [0.717, 1.165) is 0 Å². The summed E-state index contributed by atoms with van der Waals surface area (Å²) in [6.45, 7) is 7.54. The highest BCUT2D eigenvalue weighted by Gasteiger charge is 2.29. The molecule has 2 heterocycles. The first kappa shape index (κ1) is 22.5. The van der Waals surface area contributed by atoms with Gasteiger partial charge in [0.15, 0.2) is 0 Å². The van der Waals surface area contributed by atoms with Gasteiger partial charge in [-0.3, -0.25) is 9.69 Å². The van der Waals surface area contributed by atoms with Crippen LogP contribution in [0.2, 0.25) is 0 Å². The summed E-state index contributed by atoms with van der Waals surface area (Å²) < 4.78 is 23.9. The molecule has 1 aromatic heterocycles. The lowest BCUT2D eigenvalue weighted by molar-refractivity contribution is -0.121. The molecule has 0 radical (unpaired) electrons. The number of H-pyrrole nitrogens is 1. The van der Waals surface area contributed by atoms with E-state index in [9.17, 15) is 18.8 Å². The summed E-state index contributed by atoms with van der Waals surface area (Å²) >= 11 is 0. The zero-order valence-corrected chi connectivity index (χ0v) is 17.9. The number of hydrogen-bond acceptors (Lipinski definition) is 6. The molecule has 1 aromatic carbocycles. The maximum Gasteiger partial charge on any atom is 0.409 e. The number of piperazine rings is 1. The second-order valence-electron chi connectivity index (χ2n) is 7.17. The van der Waals surface area contributed by atoms with Crippen LogP contribution in [0.5, 0.6) is 0 Å². The van der Waals surface area contributed by atoms with E-state index in [2.05, 4.69) is 10.3 Å². The Hall–Kier alpha value is -3.14. The molecule has 1 aliphatic heterocycles. The number of esters is 1. The van der Waals surface area contributed by atoms with Crippen molar-refractivity contribution in [2.45, 2.75) is 26.8 Å². The fraction of sp³-hybridized carbons (Fsp3) is 0.476. The Bertz CT molecular complexity index is 968. The zero-order chi connectivity index (χ0) is 22.5. The predicted molar refractivity (Wildman–Crippen MR) is 112 cm³/mol. The molecular formula is C21H27FN4O5. The lowest BCUT2D eigenvalue weighted by Crippen LogP contribution is -2.54. The Balaban J connectivity index is 1.75. The number of aromatic nitrogens is 1. The molecule has 3 rings (SSSR count). The molecule has 0 saturated carbocycles. The van der Waals surface area contributed by atoms with Gasteiger partial charge in [0.1, 0.15) is 11.5 Å². The molecule has 2 amide bonds. The number of aromatic amines is 1. The molecule has 168 valence electrons. The van der Waals surface area contributed by atoms with Crippen LogP contribution >= 0.6 is 0 Å². The molecule has 31 heavy (non-hydrogen) atoms. The van der Waals surface area contributed by atoms with E-state index in [1.807, 2.05) is 4.90 Å². The van der Waals surface area contributed by atoms with Crippen LogP contribution in [0, 0.1) is 5.82 Å². The van der Waals surface area contributed by atoms with Crippen molar-refractivity contribution >= 4 is 34.6 Å². The third-order valence-corrected chi connectivity index (χ3v) is 5.26. The lowest BCUT2D eigenvalue weighted by atomic mass is 10.1. The minimum atomic E-state index is -0.634. The largest absolute Gasteiger partial charge is 0.461 e. The van der Waals surface area contributed by atoms with Gasteiger partial charge in [-0.05, 0) is 39.0 Å². The third-order valence-electron chi connectivity index (χ3n) is 5.26. The summed E-state index contributed by atoms with van der Waals surface area (Å²) in [5.41, 5.74) is 0.764. The Morgan fingerprint density at radius 2 is 1.81 bits per heavy atom. The van der Waals surface area contributed by atoms with Crippen molar-refractivity contribution in [3.05, 3.63) is 29.7 Å². The number of fused-ring (bicyclic) bond motifs is 1. The average molecular weight is 434 g/mol. The number of nitrogens with one attached hydrogen (secondary N) is 2. The van der Waals surface area contributed by atoms with E-state index in [4.69, 9.17) is 9.47 Å². The summed E-state index contributed by atoms with van der Waals surface area (Å²) in [5.74, 6) is -1.47. The first-order valence-corrected chi connectivity index (χ1v) is 10.3. The van der Waals surface area contributed by atoms with Gasteiger partial charge in [-0.15, -0.1) is 0 Å². The minimum absolute atomic E-state index is 0.0649. The van der Waals surface area contributed by atoms with E-state index in [1.54, 1.807) is 25.7 Å². The number of ether oxygens (including phenoxy) is 2. The van der Waals surface area contributed by atoms with Crippen molar-refractivity contribution in [2.75, 3.05) is 44.7 Å². The third kappa shape index (κ3) is 4.96. The number of halogens is 1. The number of carbonyl (C=O) groups excluding carboxylic acids is 3. The highest BCUT2D eigenvalue weighted by atomic mass is 19.1. The van der Waals surface area contributed by atoms with Crippen molar-refractivity contribution < 1.29 is 28.2 Å². The van der Waals surface area contributed by atoms with Gasteiger partial charge in [0, 0.05) is 37.1 Å². The van der Waals surface area contributed by atoms with Crippen molar-refractivity contribution in [3.63, 3.8) is 0 Å². The van der Waals surface area contributed by atoms with Crippen molar-refractivity contribution in [2.24, 2.45) is 0 Å². The number of carbonyl (C=O) groups is 3. The second kappa shape index (κ2) is 9.78. The molecule has 0 aliphatic carbocycles. The monoisotopic (exact) mass is 434 g/mol. The smallest absolute Gasteiger partial charge is 0.409 e. The molecule has 1 aliphatic rings. The average Bonchev–Trinajstić information content (AvgIpc) is 3.11. The highest BCUT2D eigenvalue weighted by Crippen LogP contribution is 2.29. The number of anilines is 1. The van der Waals surface area contributed by atoms with Crippen molar-refractivity contribution in [1.29, 1.82) is 0 Å². The first-order chi connectivity index (χ1) is 14.8. The maximum atomic E-state index is 13.8. The molecule has 0 unspecified atom stereocenters. The van der Waals surface area contributed by atoms with Crippen LogP contribution in [-0.2, 0) is 14.3 Å². The molecule has 1 atom stereocenters. The standard InChI is InChI=1S/C21H27FN4O5/c1-4-30-20(28)18-17(15-12-14(22)6-7-16(15)23-18)24-19(27)13(3)25-8-10-26(11-9-25)21(29)31-5-2/h6-7,12-13,23H,4-5,8-11H2,1-3H3,(H,24,27)/t13-/m1/s1. The zero-order valence-electron chi connectivity index (χ0n) is 17.9. The summed E-state index contributed by atoms with van der Waals surface area (Å²) in [5, 5.41) is 3.15. The number of hydrogen-bond donors (Lipinski definition) is 2. The van der Waals surface area contributed by atoms with Crippen LogP contribution in [-0.4, -0.2) is 78.2 Å². The summed E-state index contributed by atoms with van der Waals surface area (Å²) in [6.07, 6.45) is -0.362. The van der Waals surface area contributed by atoms with E-state index in [0.29, 0.717) is 43.7 Å². The Morgan fingerprint density at radius 1 is 1.13 bits per heavy atom. The molecular weight excluding hydrogens is 407 g/mol. The van der Waals surface area contributed by atoms with Gasteiger partial charge in [-0.25, -0.2) is 14.0 Å². The van der Waals surface area contributed by atoms with Gasteiger partial charge in [-0.2, -0.15) is 0 Å². The number of benzene rings is 1. The van der Waals surface area contributed by atoms with Gasteiger partial charge < -0.3 is 24.7 Å². The Labute approximate surface area is 179 Å². The molecule has 0 spiro atoms. The van der Waals surface area contributed by atoms with Crippen LogP contribution < -0.4 is 5.32 Å². The molecule has 10 heteroatoms. The van der Waals surface area contributed by atoms with E-state index >= 15 is 0 Å². The SMILES string of the molecule is CCOC(=O)c1[nH]c2ccc(F)cc2c1NC(=O)[C@@H](C)N1CCN(C(=O)OCC)CC1. The summed E-state index contributed by atoms with van der Waals surface area (Å²) in [7, 11) is 0. The normalized spacial score (nSPS) is 15.5. The molecule has 1 saturated heterocycles. The summed E-state index contributed by atoms with van der Waals surface area (Å²) in [4.78, 5) is 43.6. The maximum absolute atomic E-state index is 13.8. The van der Waals surface area contributed by atoms with Crippen molar-refractivity contribution in [1.82, 2.24) is 14.8 Å². The molecule has 2 N–H and O–H groups in total. The Morgan fingerprint density at radius 3 is 2.45 bits per heavy atom. The fourth-order valence-electron chi connectivity index (χ4n) is 3.55. The van der Waals surface area contributed by atoms with E-state index in [1.165, 1.54) is 18.2 Å². The number of rotatable bonds is 6. The molecule has 1 fully saturated rings. The van der Waals surface area contributed by atoms with Gasteiger partial charge in [-0.1, -0.05) is 0 Å². The lowest BCUT2D eigenvalue weighted by Gasteiger charge is -2.36. The minimum Gasteiger partial charge on any atom is -0.461 e. The molecule has 9 nitrogen and oxygen atoms in total. The second-order valence-corrected chi connectivity index (χ2v) is 7.17. The highest BCUT2D eigenvalue weighted by molar-refractivity contribution is 6.11. The van der Waals surface area contributed by atoms with Gasteiger partial charge in [0.2, 0.25) is 5.91 Å². The van der Waals surface area contributed by atoms with E-state index in [-0.39, 0.29) is 30.0 Å². The quantitative estimate of drug-likeness (QED) is 0.678. The fourth-order valence-corrected chi connectivity index (χ4v) is 3.55. The van der Waals surface area contributed by atoms with Crippen LogP contribution in [0.25, 0.3) is 10.9 Å². The topological polar surface area (TPSA) is 104 Å². The van der Waals surface area contributed by atoms with Crippen molar-refractivity contribution in [3.8, 4) is 0 Å². The van der Waals surface area contributed by atoms with E-state index < -0.39 is 17.8 Å². The molecule has 2 aromatic rings. The number of amides is 2. The Kier molecular flexibility index (Phi) is 7.11. The predicted octanol–water partition coefficient (Wildman–Crippen LogP) is 2.58. The van der Waals surface area contributed by atoms with Crippen LogP contribution in [0.1, 0.15) is 31.3 Å². The van der Waals surface area contributed by atoms with Crippen LogP contribution in [0.15, 0.2) is 18.2 Å². The summed E-state index contributed by atoms with van der Waals surface area (Å²) in [6, 6.07) is 3.50. The van der Waals surface area contributed by atoms with Crippen LogP contribution in [0.3, 0.4) is 0 Å². The van der Waals surface area contributed by atoms with Gasteiger partial charge in [0.25, 0.3) is 0 Å². The van der Waals surface area contributed by atoms with Gasteiger partial charge >= 0.3 is 12.1 Å². The van der Waals surface area contributed by atoms with Gasteiger partial charge in [0.05, 0.1) is 24.9 Å². The molecule has 0 bridgehead atoms. The number of nitrogens with zero attached hydrogens (tertiary/aromatic N) is 2. The first-order valence-electron chi connectivity index (χ1n) is 10.3.